The standard InChI is InChI=1S/C7H6ClF2NO/c8-5-2-1-4(12-5)6(11)3-7(6,9)10/h1-2H,3,11H2. The predicted molar refractivity (Wildman–Crippen MR) is 39.1 cm³/mol. The third-order valence-electron chi connectivity index (χ3n) is 2.04. The smallest absolute Gasteiger partial charge is 0.275 e. The number of halogens is 3. The van der Waals surface area contributed by atoms with Gasteiger partial charge in [-0.2, -0.15) is 0 Å². The molecule has 1 aliphatic rings. The highest BCUT2D eigenvalue weighted by Crippen LogP contribution is 2.57. The summed E-state index contributed by atoms with van der Waals surface area (Å²) in [5, 5.41) is 0.0810. The number of nitrogens with two attached hydrogens (primary N) is 1. The van der Waals surface area contributed by atoms with Crippen LogP contribution in [0.25, 0.3) is 0 Å². The monoisotopic (exact) mass is 193 g/mol. The molecule has 1 fully saturated rings. The Morgan fingerprint density at radius 3 is 2.42 bits per heavy atom. The molecule has 1 unspecified atom stereocenters. The molecular weight excluding hydrogens is 188 g/mol. The van der Waals surface area contributed by atoms with Gasteiger partial charge in [0.05, 0.1) is 0 Å². The van der Waals surface area contributed by atoms with E-state index < -0.39 is 11.5 Å². The van der Waals surface area contributed by atoms with E-state index in [0.29, 0.717) is 0 Å². The molecule has 0 aliphatic heterocycles. The average molecular weight is 194 g/mol. The normalized spacial score (nSPS) is 32.0. The summed E-state index contributed by atoms with van der Waals surface area (Å²) >= 11 is 5.42. The second kappa shape index (κ2) is 2.00. The van der Waals surface area contributed by atoms with Crippen LogP contribution in [0.1, 0.15) is 12.2 Å². The van der Waals surface area contributed by atoms with Crippen LogP contribution in [0.2, 0.25) is 5.22 Å². The van der Waals surface area contributed by atoms with Crippen molar-refractivity contribution >= 4 is 11.6 Å². The second-order valence-corrected chi connectivity index (χ2v) is 3.33. The van der Waals surface area contributed by atoms with Crippen molar-refractivity contribution in [2.75, 3.05) is 0 Å². The zero-order valence-corrected chi connectivity index (χ0v) is 6.74. The average Bonchev–Trinajstić information content (AvgIpc) is 2.37. The van der Waals surface area contributed by atoms with Crippen LogP contribution in [-0.4, -0.2) is 5.92 Å². The minimum absolute atomic E-state index is 0.0532. The van der Waals surface area contributed by atoms with Crippen molar-refractivity contribution in [1.82, 2.24) is 0 Å². The molecule has 0 spiro atoms. The molecule has 0 saturated heterocycles. The maximum atomic E-state index is 12.6. The van der Waals surface area contributed by atoms with Gasteiger partial charge < -0.3 is 10.2 Å². The van der Waals surface area contributed by atoms with Crippen molar-refractivity contribution in [2.45, 2.75) is 17.9 Å². The fourth-order valence-corrected chi connectivity index (χ4v) is 1.27. The minimum Gasteiger partial charge on any atom is -0.447 e. The van der Waals surface area contributed by atoms with Gasteiger partial charge in [-0.3, -0.25) is 0 Å². The summed E-state index contributed by atoms with van der Waals surface area (Å²) in [5.41, 5.74) is 3.73. The van der Waals surface area contributed by atoms with Crippen LogP contribution < -0.4 is 5.73 Å². The summed E-state index contributed by atoms with van der Waals surface area (Å²) in [7, 11) is 0. The number of rotatable bonds is 1. The van der Waals surface area contributed by atoms with E-state index in [4.69, 9.17) is 21.8 Å². The quantitative estimate of drug-likeness (QED) is 0.742. The van der Waals surface area contributed by atoms with E-state index in [2.05, 4.69) is 0 Å². The zero-order valence-electron chi connectivity index (χ0n) is 5.98. The lowest BCUT2D eigenvalue weighted by Gasteiger charge is -2.04. The molecule has 12 heavy (non-hydrogen) atoms. The maximum absolute atomic E-state index is 12.6. The van der Waals surface area contributed by atoms with E-state index in [0.717, 1.165) is 0 Å². The van der Waals surface area contributed by atoms with Crippen LogP contribution in [0.15, 0.2) is 16.5 Å². The van der Waals surface area contributed by atoms with E-state index in [-0.39, 0.29) is 17.4 Å². The van der Waals surface area contributed by atoms with Crippen molar-refractivity contribution in [3.8, 4) is 0 Å². The number of hydrogen-bond donors (Lipinski definition) is 1. The van der Waals surface area contributed by atoms with Gasteiger partial charge >= 0.3 is 0 Å². The lowest BCUT2D eigenvalue weighted by molar-refractivity contribution is 0.0834. The first-order valence-electron chi connectivity index (χ1n) is 3.38. The molecule has 2 N–H and O–H groups in total. The van der Waals surface area contributed by atoms with Crippen LogP contribution in [0.4, 0.5) is 8.78 Å². The Hall–Kier alpha value is -0.610. The van der Waals surface area contributed by atoms with Crippen molar-refractivity contribution in [3.63, 3.8) is 0 Å². The molecule has 66 valence electrons. The van der Waals surface area contributed by atoms with Gasteiger partial charge in [0.25, 0.3) is 5.92 Å². The molecule has 5 heteroatoms. The van der Waals surface area contributed by atoms with E-state index in [9.17, 15) is 8.78 Å². The Morgan fingerprint density at radius 2 is 2.08 bits per heavy atom. The number of furan rings is 1. The van der Waals surface area contributed by atoms with Gasteiger partial charge in [0.2, 0.25) is 0 Å². The van der Waals surface area contributed by atoms with Crippen molar-refractivity contribution in [1.29, 1.82) is 0 Å². The van der Waals surface area contributed by atoms with Crippen LogP contribution >= 0.6 is 11.6 Å². The summed E-state index contributed by atoms with van der Waals surface area (Å²) in [6.07, 6.45) is -0.371. The summed E-state index contributed by atoms with van der Waals surface area (Å²) in [6.45, 7) is 0. The van der Waals surface area contributed by atoms with Crippen LogP contribution in [0.3, 0.4) is 0 Å². The first kappa shape index (κ1) is 8.01. The predicted octanol–water partition coefficient (Wildman–Crippen LogP) is 2.13. The maximum Gasteiger partial charge on any atom is 0.275 e. The van der Waals surface area contributed by atoms with Gasteiger partial charge in [-0.15, -0.1) is 0 Å². The number of hydrogen-bond acceptors (Lipinski definition) is 2. The molecule has 0 amide bonds. The third kappa shape index (κ3) is 0.881. The molecule has 1 aromatic rings. The Bertz CT molecular complexity index is 325. The summed E-state index contributed by atoms with van der Waals surface area (Å²) < 4.78 is 30.1. The highest BCUT2D eigenvalue weighted by molar-refractivity contribution is 6.28. The van der Waals surface area contributed by atoms with Gasteiger partial charge in [0, 0.05) is 6.42 Å². The van der Waals surface area contributed by atoms with Gasteiger partial charge in [0.15, 0.2) is 5.22 Å². The van der Waals surface area contributed by atoms with Crippen LogP contribution in [0.5, 0.6) is 0 Å². The SMILES string of the molecule is NC1(c2ccc(Cl)o2)CC1(F)F. The van der Waals surface area contributed by atoms with Crippen LogP contribution in [-0.2, 0) is 5.54 Å². The van der Waals surface area contributed by atoms with Gasteiger partial charge in [-0.05, 0) is 23.7 Å². The Labute approximate surface area is 72.3 Å². The first-order chi connectivity index (χ1) is 5.46. The molecule has 0 radical (unpaired) electrons. The Morgan fingerprint density at radius 1 is 1.50 bits per heavy atom. The minimum atomic E-state index is -2.85. The fraction of sp³-hybridized carbons (Fsp3) is 0.429. The van der Waals surface area contributed by atoms with Gasteiger partial charge in [-0.25, -0.2) is 8.78 Å². The second-order valence-electron chi connectivity index (χ2n) is 2.96. The third-order valence-corrected chi connectivity index (χ3v) is 2.24. The molecule has 0 aromatic carbocycles. The molecule has 0 bridgehead atoms. The lowest BCUT2D eigenvalue weighted by Crippen LogP contribution is -2.26. The first-order valence-corrected chi connectivity index (χ1v) is 3.76. The summed E-state index contributed by atoms with van der Waals surface area (Å²) in [6, 6.07) is 2.78. The summed E-state index contributed by atoms with van der Waals surface area (Å²) in [5.74, 6) is -2.80. The van der Waals surface area contributed by atoms with E-state index in [1.807, 2.05) is 0 Å². The molecule has 1 aromatic heterocycles. The van der Waals surface area contributed by atoms with Crippen molar-refractivity contribution < 1.29 is 13.2 Å². The highest BCUT2D eigenvalue weighted by Gasteiger charge is 2.72. The van der Waals surface area contributed by atoms with Crippen molar-refractivity contribution in [2.24, 2.45) is 5.73 Å². The molecule has 2 rings (SSSR count). The fourth-order valence-electron chi connectivity index (χ4n) is 1.13. The molecular formula is C7H6ClF2NO. The van der Waals surface area contributed by atoms with E-state index in [1.165, 1.54) is 12.1 Å². The number of alkyl halides is 2. The van der Waals surface area contributed by atoms with Gasteiger partial charge in [-0.1, -0.05) is 0 Å². The van der Waals surface area contributed by atoms with Crippen LogP contribution in [0, 0.1) is 0 Å². The molecule has 1 heterocycles. The highest BCUT2D eigenvalue weighted by atomic mass is 35.5. The lowest BCUT2D eigenvalue weighted by atomic mass is 10.2. The van der Waals surface area contributed by atoms with Crippen molar-refractivity contribution in [3.05, 3.63) is 23.1 Å². The molecule has 1 saturated carbocycles. The van der Waals surface area contributed by atoms with E-state index >= 15 is 0 Å². The summed E-state index contributed by atoms with van der Waals surface area (Å²) in [4.78, 5) is 0. The molecule has 1 aliphatic carbocycles. The topological polar surface area (TPSA) is 39.2 Å². The zero-order chi connectivity index (χ0) is 8.98. The van der Waals surface area contributed by atoms with E-state index in [1.54, 1.807) is 0 Å². The molecule has 2 nitrogen and oxygen atoms in total. The largest absolute Gasteiger partial charge is 0.447 e. The Balaban J connectivity index is 2.34. The molecule has 1 atom stereocenters. The Kier molecular flexibility index (Phi) is 1.34. The van der Waals surface area contributed by atoms with Gasteiger partial charge in [0.1, 0.15) is 11.3 Å².